The first-order valence-corrected chi connectivity index (χ1v) is 5.70. The van der Waals surface area contributed by atoms with E-state index < -0.39 is 0 Å². The van der Waals surface area contributed by atoms with Crippen LogP contribution < -0.4 is 15.2 Å². The van der Waals surface area contributed by atoms with Gasteiger partial charge in [-0.05, 0) is 26.0 Å². The predicted molar refractivity (Wildman–Crippen MR) is 68.9 cm³/mol. The van der Waals surface area contributed by atoms with Crippen molar-refractivity contribution >= 4 is 5.82 Å². The van der Waals surface area contributed by atoms with Crippen molar-refractivity contribution in [3.8, 4) is 17.4 Å². The summed E-state index contributed by atoms with van der Waals surface area (Å²) in [6.07, 6.45) is 0. The van der Waals surface area contributed by atoms with E-state index in [1.165, 1.54) is 0 Å². The fraction of sp³-hybridized carbons (Fsp3) is 0.231. The fourth-order valence-corrected chi connectivity index (χ4v) is 1.54. The lowest BCUT2D eigenvalue weighted by molar-refractivity contribution is 0.319. The molecular formula is C13H15N3O2. The molecule has 0 bridgehead atoms. The highest BCUT2D eigenvalue weighted by Crippen LogP contribution is 2.30. The molecule has 1 heterocycles. The van der Waals surface area contributed by atoms with Crippen LogP contribution in [0.4, 0.5) is 5.82 Å². The normalized spacial score (nSPS) is 10.1. The third-order valence-electron chi connectivity index (χ3n) is 2.20. The smallest absolute Gasteiger partial charge is 0.224 e. The second kappa shape index (κ2) is 5.35. The first-order valence-electron chi connectivity index (χ1n) is 5.70. The summed E-state index contributed by atoms with van der Waals surface area (Å²) < 4.78 is 11.1. The Balaban J connectivity index is 2.27. The quantitative estimate of drug-likeness (QED) is 0.896. The molecule has 1 aromatic carbocycles. The molecule has 0 amide bonds. The number of aromatic nitrogens is 2. The van der Waals surface area contributed by atoms with E-state index in [9.17, 15) is 0 Å². The van der Waals surface area contributed by atoms with E-state index in [0.717, 1.165) is 0 Å². The van der Waals surface area contributed by atoms with Gasteiger partial charge in [0.1, 0.15) is 11.6 Å². The molecule has 5 nitrogen and oxygen atoms in total. The third kappa shape index (κ3) is 2.88. The van der Waals surface area contributed by atoms with Crippen LogP contribution in [0, 0.1) is 6.92 Å². The Morgan fingerprint density at radius 3 is 2.56 bits per heavy atom. The molecule has 0 unspecified atom stereocenters. The highest BCUT2D eigenvalue weighted by Gasteiger charge is 2.07. The van der Waals surface area contributed by atoms with Crippen LogP contribution >= 0.6 is 0 Å². The topological polar surface area (TPSA) is 70.3 Å². The summed E-state index contributed by atoms with van der Waals surface area (Å²) in [5.74, 6) is 2.64. The Kier molecular flexibility index (Phi) is 3.62. The van der Waals surface area contributed by atoms with E-state index in [1.807, 2.05) is 31.2 Å². The van der Waals surface area contributed by atoms with Gasteiger partial charge in [0.15, 0.2) is 11.5 Å². The molecule has 0 saturated heterocycles. The van der Waals surface area contributed by atoms with E-state index in [4.69, 9.17) is 15.2 Å². The maximum atomic E-state index is 5.67. The zero-order chi connectivity index (χ0) is 13.0. The van der Waals surface area contributed by atoms with Crippen LogP contribution in [0.3, 0.4) is 0 Å². The summed E-state index contributed by atoms with van der Waals surface area (Å²) in [5, 5.41) is 0. The average Bonchev–Trinajstić information content (AvgIpc) is 2.30. The number of ether oxygens (including phenoxy) is 2. The van der Waals surface area contributed by atoms with Crippen molar-refractivity contribution < 1.29 is 9.47 Å². The minimum absolute atomic E-state index is 0.381. The van der Waals surface area contributed by atoms with Crippen molar-refractivity contribution in [1.29, 1.82) is 0 Å². The number of hydrogen-bond acceptors (Lipinski definition) is 5. The molecule has 0 radical (unpaired) electrons. The second-order valence-electron chi connectivity index (χ2n) is 3.66. The lowest BCUT2D eigenvalue weighted by atomic mass is 10.3. The van der Waals surface area contributed by atoms with Crippen molar-refractivity contribution in [2.45, 2.75) is 13.8 Å². The number of nitrogens with zero attached hydrogens (tertiary/aromatic N) is 2. The van der Waals surface area contributed by atoms with Crippen LogP contribution in [-0.4, -0.2) is 16.6 Å². The number of rotatable bonds is 4. The lowest BCUT2D eigenvalue weighted by Crippen LogP contribution is -1.99. The molecule has 0 aliphatic carbocycles. The molecule has 0 aliphatic heterocycles. The highest BCUT2D eigenvalue weighted by molar-refractivity contribution is 5.43. The van der Waals surface area contributed by atoms with Gasteiger partial charge >= 0.3 is 0 Å². The van der Waals surface area contributed by atoms with Gasteiger partial charge in [-0.3, -0.25) is 0 Å². The summed E-state index contributed by atoms with van der Waals surface area (Å²) in [6, 6.07) is 9.00. The van der Waals surface area contributed by atoms with Crippen LogP contribution in [0.5, 0.6) is 17.4 Å². The molecule has 0 spiro atoms. The van der Waals surface area contributed by atoms with Gasteiger partial charge < -0.3 is 15.2 Å². The number of aryl methyl sites for hydroxylation is 1. The van der Waals surface area contributed by atoms with Gasteiger partial charge in [-0.1, -0.05) is 12.1 Å². The molecule has 5 heteroatoms. The van der Waals surface area contributed by atoms with E-state index in [1.54, 1.807) is 13.0 Å². The molecule has 18 heavy (non-hydrogen) atoms. The van der Waals surface area contributed by atoms with E-state index in [-0.39, 0.29) is 0 Å². The first kappa shape index (κ1) is 12.2. The summed E-state index contributed by atoms with van der Waals surface area (Å²) in [4.78, 5) is 8.15. The van der Waals surface area contributed by atoms with Gasteiger partial charge in [0.2, 0.25) is 5.88 Å². The summed E-state index contributed by atoms with van der Waals surface area (Å²) in [5.41, 5.74) is 5.65. The van der Waals surface area contributed by atoms with Crippen LogP contribution in [-0.2, 0) is 0 Å². The van der Waals surface area contributed by atoms with E-state index >= 15 is 0 Å². The molecule has 2 aromatic rings. The third-order valence-corrected chi connectivity index (χ3v) is 2.20. The molecule has 0 fully saturated rings. The number of anilines is 1. The highest BCUT2D eigenvalue weighted by atomic mass is 16.5. The van der Waals surface area contributed by atoms with Crippen molar-refractivity contribution in [3.05, 3.63) is 36.2 Å². The standard InChI is InChI=1S/C13H15N3O2/c1-3-17-10-6-4-5-7-11(10)18-13-8-12(14)15-9(2)16-13/h4-8H,3H2,1-2H3,(H2,14,15,16). The maximum Gasteiger partial charge on any atom is 0.224 e. The number of para-hydroxylation sites is 2. The second-order valence-corrected chi connectivity index (χ2v) is 3.66. The minimum atomic E-state index is 0.381. The first-order chi connectivity index (χ1) is 8.69. The molecule has 1 aromatic heterocycles. The minimum Gasteiger partial charge on any atom is -0.490 e. The Morgan fingerprint density at radius 2 is 1.89 bits per heavy atom. The van der Waals surface area contributed by atoms with Crippen molar-refractivity contribution in [3.63, 3.8) is 0 Å². The van der Waals surface area contributed by atoms with Crippen LogP contribution in [0.2, 0.25) is 0 Å². The van der Waals surface area contributed by atoms with E-state index in [0.29, 0.717) is 35.6 Å². The summed E-state index contributed by atoms with van der Waals surface area (Å²) in [6.45, 7) is 4.26. The van der Waals surface area contributed by atoms with Crippen molar-refractivity contribution in [2.24, 2.45) is 0 Å². The van der Waals surface area contributed by atoms with Gasteiger partial charge in [-0.25, -0.2) is 4.98 Å². The van der Waals surface area contributed by atoms with Gasteiger partial charge in [0, 0.05) is 6.07 Å². The average molecular weight is 245 g/mol. The SMILES string of the molecule is CCOc1ccccc1Oc1cc(N)nc(C)n1. The number of hydrogen-bond donors (Lipinski definition) is 1. The van der Waals surface area contributed by atoms with Gasteiger partial charge in [-0.15, -0.1) is 0 Å². The number of benzene rings is 1. The molecule has 2 rings (SSSR count). The van der Waals surface area contributed by atoms with Crippen LogP contribution in [0.25, 0.3) is 0 Å². The molecule has 0 atom stereocenters. The molecule has 0 saturated carbocycles. The van der Waals surface area contributed by atoms with Crippen molar-refractivity contribution in [2.75, 3.05) is 12.3 Å². The Hall–Kier alpha value is -2.30. The molecular weight excluding hydrogens is 230 g/mol. The van der Waals surface area contributed by atoms with Crippen LogP contribution in [0.15, 0.2) is 30.3 Å². The van der Waals surface area contributed by atoms with Crippen LogP contribution in [0.1, 0.15) is 12.7 Å². The maximum absolute atomic E-state index is 5.67. The number of nitrogens with two attached hydrogens (primary N) is 1. The van der Waals surface area contributed by atoms with Gasteiger partial charge in [-0.2, -0.15) is 4.98 Å². The van der Waals surface area contributed by atoms with E-state index in [2.05, 4.69) is 9.97 Å². The Labute approximate surface area is 106 Å². The lowest BCUT2D eigenvalue weighted by Gasteiger charge is -2.10. The summed E-state index contributed by atoms with van der Waals surface area (Å²) in [7, 11) is 0. The van der Waals surface area contributed by atoms with Crippen molar-refractivity contribution in [1.82, 2.24) is 9.97 Å². The molecule has 0 aliphatic rings. The zero-order valence-corrected chi connectivity index (χ0v) is 10.4. The number of nitrogen functional groups attached to an aromatic ring is 1. The Bertz CT molecular complexity index is 523. The molecule has 2 N–H and O–H groups in total. The van der Waals surface area contributed by atoms with Gasteiger partial charge in [0.25, 0.3) is 0 Å². The Morgan fingerprint density at radius 1 is 1.17 bits per heavy atom. The summed E-state index contributed by atoms with van der Waals surface area (Å²) >= 11 is 0. The predicted octanol–water partition coefficient (Wildman–Crippen LogP) is 2.56. The fourth-order valence-electron chi connectivity index (χ4n) is 1.54. The monoisotopic (exact) mass is 245 g/mol. The molecule has 94 valence electrons. The van der Waals surface area contributed by atoms with Gasteiger partial charge in [0.05, 0.1) is 6.61 Å². The largest absolute Gasteiger partial charge is 0.490 e. The zero-order valence-electron chi connectivity index (χ0n) is 10.4.